The van der Waals surface area contributed by atoms with E-state index in [4.69, 9.17) is 15.2 Å². The van der Waals surface area contributed by atoms with Gasteiger partial charge in [0, 0.05) is 30.3 Å². The van der Waals surface area contributed by atoms with Crippen LogP contribution in [0, 0.1) is 5.82 Å². The fraction of sp³-hybridized carbons (Fsp3) is 0.367. The first-order valence-electron chi connectivity index (χ1n) is 13.3. The molecule has 10 nitrogen and oxygen atoms in total. The summed E-state index contributed by atoms with van der Waals surface area (Å²) >= 11 is 0. The molecule has 3 aromatic rings. The minimum Gasteiger partial charge on any atom is -0.489 e. The third-order valence-corrected chi connectivity index (χ3v) is 6.53. The Morgan fingerprint density at radius 1 is 1.05 bits per heavy atom. The highest BCUT2D eigenvalue weighted by Crippen LogP contribution is 2.31. The summed E-state index contributed by atoms with van der Waals surface area (Å²) in [7, 11) is 1.49. The molecule has 0 aliphatic carbocycles. The van der Waals surface area contributed by atoms with Crippen molar-refractivity contribution < 1.29 is 28.6 Å². The van der Waals surface area contributed by atoms with Crippen LogP contribution >= 0.6 is 0 Å². The smallest absolute Gasteiger partial charge is 0.330 e. The number of nitrogens with zero attached hydrogens (tertiary/aromatic N) is 2. The number of pyridine rings is 1. The van der Waals surface area contributed by atoms with Crippen molar-refractivity contribution >= 4 is 11.9 Å². The van der Waals surface area contributed by atoms with E-state index in [1.165, 1.54) is 7.11 Å². The van der Waals surface area contributed by atoms with Gasteiger partial charge in [-0.15, -0.1) is 0 Å². The van der Waals surface area contributed by atoms with Crippen LogP contribution in [0.1, 0.15) is 56.9 Å². The number of aliphatic hydroxyl groups is 1. The molecule has 41 heavy (non-hydrogen) atoms. The molecule has 3 rings (SSSR count). The van der Waals surface area contributed by atoms with E-state index in [-0.39, 0.29) is 25.1 Å². The summed E-state index contributed by atoms with van der Waals surface area (Å²) in [6, 6.07) is 13.8. The topological polar surface area (TPSA) is 139 Å². The molecule has 1 atom stereocenters. The highest BCUT2D eigenvalue weighted by Gasteiger charge is 2.19. The lowest BCUT2D eigenvalue weighted by atomic mass is 9.96. The Bertz CT molecular complexity index is 1340. The summed E-state index contributed by atoms with van der Waals surface area (Å²) in [5.41, 5.74) is 12.4. The standard InChI is InChI=1S/C30H38FN5O5/c1-18(2)36(19(3)4)16-22-11-20(9-10-24(22)25-13-29(40-5)33-15-26(25)31)17-41-23-8-6-7-21(12-23)27(37)14-28(38)34-35-30(32)39/h6-13,15,18-19,27,37H,14,16-17H2,1-5H3,(H,34,38)(H3,32,35,39)/t27-/m1/s1. The number of carbonyl (C=O) groups excluding carboxylic acids is 2. The third kappa shape index (κ3) is 8.89. The number of nitrogens with one attached hydrogen (secondary N) is 2. The number of aliphatic hydroxyl groups excluding tert-OH is 1. The van der Waals surface area contributed by atoms with Crippen LogP contribution in [0.3, 0.4) is 0 Å². The lowest BCUT2D eigenvalue weighted by Crippen LogP contribution is -2.44. The number of halogens is 1. The Morgan fingerprint density at radius 2 is 1.78 bits per heavy atom. The number of carbonyl (C=O) groups is 2. The lowest BCUT2D eigenvalue weighted by molar-refractivity contribution is -0.123. The average molecular weight is 568 g/mol. The number of hydrazine groups is 1. The second-order valence-electron chi connectivity index (χ2n) is 10.2. The van der Waals surface area contributed by atoms with Crippen LogP contribution in [-0.4, -0.2) is 46.1 Å². The van der Waals surface area contributed by atoms with Gasteiger partial charge in [0.15, 0.2) is 0 Å². The van der Waals surface area contributed by atoms with Gasteiger partial charge in [-0.1, -0.05) is 30.3 Å². The van der Waals surface area contributed by atoms with E-state index in [0.717, 1.165) is 22.9 Å². The molecule has 0 saturated heterocycles. The van der Waals surface area contributed by atoms with Crippen molar-refractivity contribution in [2.45, 2.75) is 65.5 Å². The van der Waals surface area contributed by atoms with Crippen molar-refractivity contribution in [2.24, 2.45) is 5.73 Å². The third-order valence-electron chi connectivity index (χ3n) is 6.53. The number of primary amides is 1. The summed E-state index contributed by atoms with van der Waals surface area (Å²) in [6.07, 6.45) is -0.242. The van der Waals surface area contributed by atoms with Gasteiger partial charge in [-0.3, -0.25) is 15.1 Å². The van der Waals surface area contributed by atoms with Gasteiger partial charge in [-0.05, 0) is 62.1 Å². The predicted octanol–water partition coefficient (Wildman–Crippen LogP) is 4.22. The van der Waals surface area contributed by atoms with E-state index in [1.807, 2.05) is 23.6 Å². The average Bonchev–Trinajstić information content (AvgIpc) is 2.94. The highest BCUT2D eigenvalue weighted by molar-refractivity contribution is 5.80. The molecule has 0 aliphatic rings. The first kappa shape index (κ1) is 31.3. The quantitative estimate of drug-likeness (QED) is 0.240. The van der Waals surface area contributed by atoms with Gasteiger partial charge in [0.1, 0.15) is 18.2 Å². The van der Waals surface area contributed by atoms with E-state index in [2.05, 4.69) is 43.0 Å². The fourth-order valence-electron chi connectivity index (χ4n) is 4.48. The van der Waals surface area contributed by atoms with Crippen LogP contribution in [0.25, 0.3) is 11.1 Å². The summed E-state index contributed by atoms with van der Waals surface area (Å²) in [5.74, 6) is -0.215. The molecule has 0 spiro atoms. The molecule has 0 bridgehead atoms. The number of rotatable bonds is 12. The lowest BCUT2D eigenvalue weighted by Gasteiger charge is -2.31. The summed E-state index contributed by atoms with van der Waals surface area (Å²) in [6.45, 7) is 9.33. The maximum atomic E-state index is 14.9. The molecule has 0 aliphatic heterocycles. The van der Waals surface area contributed by atoms with Crippen molar-refractivity contribution in [1.82, 2.24) is 20.7 Å². The van der Waals surface area contributed by atoms with Gasteiger partial charge in [0.05, 0.1) is 25.8 Å². The molecule has 2 aromatic carbocycles. The normalized spacial score (nSPS) is 12.0. The van der Waals surface area contributed by atoms with Crippen LogP contribution in [0.15, 0.2) is 54.7 Å². The summed E-state index contributed by atoms with van der Waals surface area (Å²) in [4.78, 5) is 28.9. The predicted molar refractivity (Wildman–Crippen MR) is 153 cm³/mol. The number of hydrogen-bond acceptors (Lipinski definition) is 7. The van der Waals surface area contributed by atoms with Crippen LogP contribution in [0.5, 0.6) is 11.6 Å². The number of nitrogens with two attached hydrogens (primary N) is 1. The van der Waals surface area contributed by atoms with Crippen LogP contribution in [-0.2, 0) is 17.9 Å². The fourth-order valence-corrected chi connectivity index (χ4v) is 4.48. The number of aromatic nitrogens is 1. The molecule has 5 N–H and O–H groups in total. The molecule has 0 fully saturated rings. The van der Waals surface area contributed by atoms with Gasteiger partial charge < -0.3 is 20.3 Å². The molecule has 0 unspecified atom stereocenters. The van der Waals surface area contributed by atoms with E-state index >= 15 is 0 Å². The van der Waals surface area contributed by atoms with Gasteiger partial charge in [0.2, 0.25) is 11.8 Å². The Morgan fingerprint density at radius 3 is 2.44 bits per heavy atom. The van der Waals surface area contributed by atoms with Crippen LogP contribution < -0.4 is 26.1 Å². The number of urea groups is 1. The zero-order valence-electron chi connectivity index (χ0n) is 24.0. The second kappa shape index (κ2) is 14.4. The highest BCUT2D eigenvalue weighted by atomic mass is 19.1. The Balaban J connectivity index is 1.83. The molecule has 0 saturated carbocycles. The molecule has 11 heteroatoms. The van der Waals surface area contributed by atoms with Gasteiger partial charge in [0.25, 0.3) is 0 Å². The molecule has 1 aromatic heterocycles. The molecular formula is C30H38FN5O5. The van der Waals surface area contributed by atoms with Crippen molar-refractivity contribution in [3.8, 4) is 22.8 Å². The van der Waals surface area contributed by atoms with Crippen LogP contribution in [0.2, 0.25) is 0 Å². The Kier molecular flexibility index (Phi) is 11.0. The minimum absolute atomic E-state index is 0.224. The first-order chi connectivity index (χ1) is 19.5. The van der Waals surface area contributed by atoms with Crippen molar-refractivity contribution in [3.05, 3.63) is 77.2 Å². The number of amides is 3. The number of methoxy groups -OCH3 is 1. The SMILES string of the molecule is COc1cc(-c2ccc(COc3cccc([C@H](O)CC(=O)NNC(N)=O)c3)cc2CN(C(C)C)C(C)C)c(F)cn1. The first-order valence-corrected chi connectivity index (χ1v) is 13.3. The minimum atomic E-state index is -1.12. The van der Waals surface area contributed by atoms with E-state index in [1.54, 1.807) is 30.3 Å². The van der Waals surface area contributed by atoms with E-state index in [0.29, 0.717) is 29.3 Å². The largest absolute Gasteiger partial charge is 0.489 e. The molecule has 220 valence electrons. The second-order valence-corrected chi connectivity index (χ2v) is 10.2. The van der Waals surface area contributed by atoms with Gasteiger partial charge >= 0.3 is 6.03 Å². The number of benzene rings is 2. The summed E-state index contributed by atoms with van der Waals surface area (Å²) in [5, 5.41) is 10.5. The summed E-state index contributed by atoms with van der Waals surface area (Å²) < 4.78 is 26.2. The number of ether oxygens (including phenoxy) is 2. The number of hydrogen-bond donors (Lipinski definition) is 4. The Hall–Kier alpha value is -4.22. The molecule has 3 amide bonds. The van der Waals surface area contributed by atoms with E-state index < -0.39 is 23.9 Å². The molecular weight excluding hydrogens is 529 g/mol. The maximum absolute atomic E-state index is 14.9. The van der Waals surface area contributed by atoms with Gasteiger partial charge in [-0.25, -0.2) is 19.6 Å². The van der Waals surface area contributed by atoms with Crippen molar-refractivity contribution in [3.63, 3.8) is 0 Å². The van der Waals surface area contributed by atoms with Crippen molar-refractivity contribution in [2.75, 3.05) is 7.11 Å². The Labute approximate surface area is 239 Å². The van der Waals surface area contributed by atoms with E-state index in [9.17, 15) is 19.1 Å². The molecule has 0 radical (unpaired) electrons. The monoisotopic (exact) mass is 567 g/mol. The molecule has 1 heterocycles. The zero-order chi connectivity index (χ0) is 30.1. The van der Waals surface area contributed by atoms with Crippen molar-refractivity contribution in [1.29, 1.82) is 0 Å². The zero-order valence-corrected chi connectivity index (χ0v) is 24.0. The maximum Gasteiger partial charge on any atom is 0.330 e. The van der Waals surface area contributed by atoms with Gasteiger partial charge in [-0.2, -0.15) is 0 Å². The van der Waals surface area contributed by atoms with Crippen LogP contribution in [0.4, 0.5) is 9.18 Å².